The zero-order valence-corrected chi connectivity index (χ0v) is 17.5. The van der Waals surface area contributed by atoms with Crippen LogP contribution in [0.2, 0.25) is 10.0 Å². The van der Waals surface area contributed by atoms with E-state index in [1.807, 2.05) is 13.8 Å². The Morgan fingerprint density at radius 2 is 1.63 bits per heavy atom. The molecule has 0 aliphatic rings. The highest BCUT2D eigenvalue weighted by Crippen LogP contribution is 2.25. The Hall–Kier alpha value is -1.60. The molecule has 0 fully saturated rings. The van der Waals surface area contributed by atoms with Crippen molar-refractivity contribution in [3.05, 3.63) is 58.1 Å². The van der Waals surface area contributed by atoms with Gasteiger partial charge in [0.2, 0.25) is 15.9 Å². The minimum Gasteiger partial charge on any atom is -0.326 e. The molecule has 8 heteroatoms. The van der Waals surface area contributed by atoms with Crippen molar-refractivity contribution in [1.82, 2.24) is 4.31 Å². The van der Waals surface area contributed by atoms with Gasteiger partial charge >= 0.3 is 0 Å². The van der Waals surface area contributed by atoms with E-state index in [0.29, 0.717) is 35.2 Å². The zero-order chi connectivity index (χ0) is 20.0. The summed E-state index contributed by atoms with van der Waals surface area (Å²) >= 11 is 11.8. The molecule has 0 saturated heterocycles. The van der Waals surface area contributed by atoms with Crippen LogP contribution in [0.25, 0.3) is 0 Å². The first-order valence-electron chi connectivity index (χ1n) is 8.62. The third-order valence-corrected chi connectivity index (χ3v) is 6.91. The summed E-state index contributed by atoms with van der Waals surface area (Å²) in [7, 11) is -3.47. The van der Waals surface area contributed by atoms with Crippen LogP contribution in [-0.2, 0) is 21.2 Å². The van der Waals surface area contributed by atoms with Gasteiger partial charge in [-0.15, -0.1) is 0 Å². The molecular weight excluding hydrogens is 407 g/mol. The molecule has 0 aliphatic carbocycles. The molecule has 0 saturated carbocycles. The van der Waals surface area contributed by atoms with E-state index in [1.165, 1.54) is 4.31 Å². The van der Waals surface area contributed by atoms with E-state index in [-0.39, 0.29) is 17.2 Å². The molecule has 0 radical (unpaired) electrons. The van der Waals surface area contributed by atoms with Crippen LogP contribution in [0.3, 0.4) is 0 Å². The maximum atomic E-state index is 12.5. The SMILES string of the molecule is CCN(CC)S(=O)(=O)c1ccc(CCC(=O)Nc2ccc(Cl)c(Cl)c2)cc1. The van der Waals surface area contributed by atoms with Gasteiger partial charge in [-0.1, -0.05) is 49.2 Å². The third kappa shape index (κ3) is 5.69. The minimum absolute atomic E-state index is 0.159. The Balaban J connectivity index is 1.96. The number of aryl methyl sites for hydroxylation is 1. The molecule has 0 atom stereocenters. The van der Waals surface area contributed by atoms with Gasteiger partial charge < -0.3 is 5.32 Å². The second-order valence-electron chi connectivity index (χ2n) is 5.91. The molecule has 0 bridgehead atoms. The molecule has 0 aliphatic heterocycles. The summed E-state index contributed by atoms with van der Waals surface area (Å²) in [4.78, 5) is 12.3. The number of nitrogens with zero attached hydrogens (tertiary/aromatic N) is 1. The van der Waals surface area contributed by atoms with Gasteiger partial charge in [0.1, 0.15) is 0 Å². The average Bonchev–Trinajstić information content (AvgIpc) is 2.64. The molecule has 1 amide bonds. The smallest absolute Gasteiger partial charge is 0.243 e. The van der Waals surface area contributed by atoms with Gasteiger partial charge in [0.25, 0.3) is 0 Å². The second-order valence-corrected chi connectivity index (χ2v) is 8.66. The monoisotopic (exact) mass is 428 g/mol. The highest BCUT2D eigenvalue weighted by Gasteiger charge is 2.21. The Kier molecular flexibility index (Phi) is 7.68. The molecule has 5 nitrogen and oxygen atoms in total. The number of carbonyl (C=O) groups excluding carboxylic acids is 1. The van der Waals surface area contributed by atoms with Crippen LogP contribution in [-0.4, -0.2) is 31.7 Å². The predicted molar refractivity (Wildman–Crippen MR) is 110 cm³/mol. The van der Waals surface area contributed by atoms with Crippen molar-refractivity contribution in [2.75, 3.05) is 18.4 Å². The van der Waals surface area contributed by atoms with Crippen LogP contribution in [0.4, 0.5) is 5.69 Å². The molecule has 27 heavy (non-hydrogen) atoms. The van der Waals surface area contributed by atoms with Gasteiger partial charge in [0, 0.05) is 25.2 Å². The van der Waals surface area contributed by atoms with E-state index in [9.17, 15) is 13.2 Å². The number of nitrogens with one attached hydrogen (secondary N) is 1. The van der Waals surface area contributed by atoms with Crippen LogP contribution >= 0.6 is 23.2 Å². The largest absolute Gasteiger partial charge is 0.326 e. The number of sulfonamides is 1. The summed E-state index contributed by atoms with van der Waals surface area (Å²) < 4.78 is 26.3. The first kappa shape index (κ1) is 21.7. The quantitative estimate of drug-likeness (QED) is 0.667. The standard InChI is InChI=1S/C19H22Cl2N2O3S/c1-3-23(4-2)27(25,26)16-9-5-14(6-10-16)7-12-19(24)22-15-8-11-17(20)18(21)13-15/h5-6,8-11,13H,3-4,7,12H2,1-2H3,(H,22,24). The maximum Gasteiger partial charge on any atom is 0.243 e. The fourth-order valence-electron chi connectivity index (χ4n) is 2.60. The number of hydrogen-bond acceptors (Lipinski definition) is 3. The second kappa shape index (κ2) is 9.55. The first-order valence-corrected chi connectivity index (χ1v) is 10.8. The lowest BCUT2D eigenvalue weighted by molar-refractivity contribution is -0.116. The lowest BCUT2D eigenvalue weighted by atomic mass is 10.1. The highest BCUT2D eigenvalue weighted by molar-refractivity contribution is 7.89. The average molecular weight is 429 g/mol. The fraction of sp³-hybridized carbons (Fsp3) is 0.316. The Morgan fingerprint density at radius 1 is 1.00 bits per heavy atom. The van der Waals surface area contributed by atoms with E-state index < -0.39 is 10.0 Å². The molecule has 2 aromatic rings. The van der Waals surface area contributed by atoms with Crippen LogP contribution in [0, 0.1) is 0 Å². The summed E-state index contributed by atoms with van der Waals surface area (Å²) in [5, 5.41) is 3.56. The molecule has 2 aromatic carbocycles. The summed E-state index contributed by atoms with van der Waals surface area (Å²) in [6, 6.07) is 11.5. The molecular formula is C19H22Cl2N2O3S. The predicted octanol–water partition coefficient (Wildman–Crippen LogP) is 4.60. The molecule has 0 unspecified atom stereocenters. The molecule has 0 spiro atoms. The van der Waals surface area contributed by atoms with Crippen molar-refractivity contribution >= 4 is 44.8 Å². The van der Waals surface area contributed by atoms with Crippen molar-refractivity contribution < 1.29 is 13.2 Å². The summed E-state index contributed by atoms with van der Waals surface area (Å²) in [6.45, 7) is 4.47. The van der Waals surface area contributed by atoms with Gasteiger partial charge in [-0.2, -0.15) is 4.31 Å². The van der Waals surface area contributed by atoms with Crippen molar-refractivity contribution in [2.24, 2.45) is 0 Å². The number of hydrogen-bond donors (Lipinski definition) is 1. The van der Waals surface area contributed by atoms with Gasteiger partial charge in [-0.3, -0.25) is 4.79 Å². The van der Waals surface area contributed by atoms with Crippen molar-refractivity contribution in [3.63, 3.8) is 0 Å². The Labute approximate surface area is 170 Å². The van der Waals surface area contributed by atoms with Gasteiger partial charge in [-0.25, -0.2) is 8.42 Å². The number of amides is 1. The summed E-state index contributed by atoms with van der Waals surface area (Å²) in [5.74, 6) is -0.159. The van der Waals surface area contributed by atoms with Crippen molar-refractivity contribution in [3.8, 4) is 0 Å². The van der Waals surface area contributed by atoms with E-state index in [0.717, 1.165) is 5.56 Å². The number of anilines is 1. The molecule has 1 N–H and O–H groups in total. The normalized spacial score (nSPS) is 11.6. The zero-order valence-electron chi connectivity index (χ0n) is 15.2. The topological polar surface area (TPSA) is 66.5 Å². The van der Waals surface area contributed by atoms with E-state index in [1.54, 1.807) is 42.5 Å². The summed E-state index contributed by atoms with van der Waals surface area (Å²) in [6.07, 6.45) is 0.765. The molecule has 0 aromatic heterocycles. The lowest BCUT2D eigenvalue weighted by Crippen LogP contribution is -2.30. The number of carbonyl (C=O) groups is 1. The lowest BCUT2D eigenvalue weighted by Gasteiger charge is -2.18. The molecule has 146 valence electrons. The molecule has 0 heterocycles. The van der Waals surface area contributed by atoms with Crippen molar-refractivity contribution in [2.45, 2.75) is 31.6 Å². The van der Waals surface area contributed by atoms with Crippen LogP contribution in [0.5, 0.6) is 0 Å². The van der Waals surface area contributed by atoms with E-state index in [2.05, 4.69) is 5.32 Å². The highest BCUT2D eigenvalue weighted by atomic mass is 35.5. The number of halogens is 2. The van der Waals surface area contributed by atoms with Crippen LogP contribution < -0.4 is 5.32 Å². The number of benzene rings is 2. The van der Waals surface area contributed by atoms with Gasteiger partial charge in [-0.05, 0) is 42.3 Å². The van der Waals surface area contributed by atoms with Crippen LogP contribution in [0.15, 0.2) is 47.4 Å². The number of rotatable bonds is 8. The Morgan fingerprint density at radius 3 is 2.19 bits per heavy atom. The van der Waals surface area contributed by atoms with Crippen molar-refractivity contribution in [1.29, 1.82) is 0 Å². The third-order valence-electron chi connectivity index (χ3n) is 4.11. The van der Waals surface area contributed by atoms with E-state index in [4.69, 9.17) is 23.2 Å². The minimum atomic E-state index is -3.47. The maximum absolute atomic E-state index is 12.5. The van der Waals surface area contributed by atoms with Crippen LogP contribution in [0.1, 0.15) is 25.8 Å². The Bertz CT molecular complexity index is 896. The first-order chi connectivity index (χ1) is 12.8. The summed E-state index contributed by atoms with van der Waals surface area (Å²) in [5.41, 5.74) is 1.47. The molecule has 2 rings (SSSR count). The van der Waals surface area contributed by atoms with Gasteiger partial charge in [0.05, 0.1) is 14.9 Å². The van der Waals surface area contributed by atoms with E-state index >= 15 is 0 Å². The fourth-order valence-corrected chi connectivity index (χ4v) is 4.35. The van der Waals surface area contributed by atoms with Gasteiger partial charge in [0.15, 0.2) is 0 Å².